The lowest BCUT2D eigenvalue weighted by Crippen LogP contribution is -2.09. The van der Waals surface area contributed by atoms with Crippen molar-refractivity contribution in [2.75, 3.05) is 0 Å². The summed E-state index contributed by atoms with van der Waals surface area (Å²) in [7, 11) is 0. The van der Waals surface area contributed by atoms with Gasteiger partial charge in [-0.15, -0.1) is 0 Å². The van der Waals surface area contributed by atoms with E-state index in [9.17, 15) is 4.79 Å². The maximum atomic E-state index is 12.1. The summed E-state index contributed by atoms with van der Waals surface area (Å²) >= 11 is 0. The first-order valence-electron chi connectivity index (χ1n) is 6.38. The molecule has 0 unspecified atom stereocenters. The Morgan fingerprint density at radius 1 is 1.00 bits per heavy atom. The van der Waals surface area contributed by atoms with Crippen LogP contribution in [0.15, 0.2) is 59.5 Å². The number of fused-ring (bicyclic) bond motifs is 2. The normalized spacial score (nSPS) is 11.2. The van der Waals surface area contributed by atoms with Crippen molar-refractivity contribution in [3.8, 4) is 11.4 Å². The molecule has 2 aromatic carbocycles. The van der Waals surface area contributed by atoms with Crippen LogP contribution in [0.2, 0.25) is 0 Å². The van der Waals surface area contributed by atoms with Gasteiger partial charge in [-0.1, -0.05) is 24.3 Å². The fourth-order valence-corrected chi connectivity index (χ4v) is 2.42. The summed E-state index contributed by atoms with van der Waals surface area (Å²) in [6.45, 7) is 0. The number of H-pyrrole nitrogens is 2. The first kappa shape index (κ1) is 11.0. The summed E-state index contributed by atoms with van der Waals surface area (Å²) < 4.78 is 0. The fraction of sp³-hybridized carbons (Fsp3) is 0. The van der Waals surface area contributed by atoms with Crippen LogP contribution in [0, 0.1) is 0 Å². The minimum absolute atomic E-state index is 0.114. The van der Waals surface area contributed by atoms with E-state index < -0.39 is 0 Å². The maximum absolute atomic E-state index is 12.1. The molecule has 2 N–H and O–H groups in total. The zero-order valence-corrected chi connectivity index (χ0v) is 10.6. The molecule has 4 heteroatoms. The van der Waals surface area contributed by atoms with Gasteiger partial charge in [-0.3, -0.25) is 4.79 Å². The molecule has 96 valence electrons. The molecule has 2 heterocycles. The van der Waals surface area contributed by atoms with Crippen LogP contribution in [0.1, 0.15) is 0 Å². The standard InChI is InChI=1S/C16H11N3O/c20-16-12-3-1-2-4-13(12)18-15(19-16)11-6-5-10-7-8-17-14(10)9-11/h1-9,17H,(H,18,19,20). The number of benzene rings is 2. The highest BCUT2D eigenvalue weighted by molar-refractivity contribution is 5.85. The topological polar surface area (TPSA) is 61.5 Å². The molecule has 0 amide bonds. The number of aromatic amines is 2. The minimum Gasteiger partial charge on any atom is -0.361 e. The quantitative estimate of drug-likeness (QED) is 0.553. The molecule has 4 aromatic rings. The third-order valence-electron chi connectivity index (χ3n) is 3.44. The molecule has 0 saturated carbocycles. The zero-order valence-electron chi connectivity index (χ0n) is 10.6. The van der Waals surface area contributed by atoms with Crippen LogP contribution in [-0.2, 0) is 0 Å². The van der Waals surface area contributed by atoms with Gasteiger partial charge in [0, 0.05) is 17.3 Å². The average molecular weight is 261 g/mol. The molecule has 20 heavy (non-hydrogen) atoms. The lowest BCUT2D eigenvalue weighted by molar-refractivity contribution is 1.18. The van der Waals surface area contributed by atoms with E-state index in [0.29, 0.717) is 16.7 Å². The number of nitrogens with zero attached hydrogens (tertiary/aromatic N) is 1. The third kappa shape index (κ3) is 1.62. The van der Waals surface area contributed by atoms with Crippen molar-refractivity contribution in [2.24, 2.45) is 0 Å². The Bertz CT molecular complexity index is 982. The van der Waals surface area contributed by atoms with Crippen LogP contribution >= 0.6 is 0 Å². The molecule has 0 aliphatic heterocycles. The van der Waals surface area contributed by atoms with Gasteiger partial charge in [-0.2, -0.15) is 0 Å². The van der Waals surface area contributed by atoms with Crippen molar-refractivity contribution < 1.29 is 0 Å². The minimum atomic E-state index is -0.114. The highest BCUT2D eigenvalue weighted by Crippen LogP contribution is 2.21. The van der Waals surface area contributed by atoms with Crippen LogP contribution in [0.4, 0.5) is 0 Å². The van der Waals surface area contributed by atoms with E-state index in [-0.39, 0.29) is 5.56 Å². The van der Waals surface area contributed by atoms with E-state index in [1.165, 1.54) is 0 Å². The number of rotatable bonds is 1. The van der Waals surface area contributed by atoms with Gasteiger partial charge in [0.2, 0.25) is 0 Å². The van der Waals surface area contributed by atoms with Crippen LogP contribution < -0.4 is 5.56 Å². The molecule has 0 aliphatic carbocycles. The van der Waals surface area contributed by atoms with Gasteiger partial charge < -0.3 is 9.97 Å². The fourth-order valence-electron chi connectivity index (χ4n) is 2.42. The summed E-state index contributed by atoms with van der Waals surface area (Å²) in [4.78, 5) is 22.6. The molecule has 0 aliphatic rings. The van der Waals surface area contributed by atoms with Gasteiger partial charge in [0.15, 0.2) is 0 Å². The molecular formula is C16H11N3O. The SMILES string of the molecule is O=c1[nH]c(-c2ccc3cc[nH]c3c2)nc2ccccc12. The molecule has 4 nitrogen and oxygen atoms in total. The Hall–Kier alpha value is -2.88. The number of hydrogen-bond acceptors (Lipinski definition) is 2. The molecule has 0 atom stereocenters. The third-order valence-corrected chi connectivity index (χ3v) is 3.44. The van der Waals surface area contributed by atoms with Gasteiger partial charge >= 0.3 is 0 Å². The van der Waals surface area contributed by atoms with Crippen molar-refractivity contribution in [2.45, 2.75) is 0 Å². The first-order valence-corrected chi connectivity index (χ1v) is 6.38. The van der Waals surface area contributed by atoms with Crippen molar-refractivity contribution in [3.63, 3.8) is 0 Å². The first-order chi connectivity index (χ1) is 9.81. The van der Waals surface area contributed by atoms with Gasteiger partial charge in [0.25, 0.3) is 5.56 Å². The van der Waals surface area contributed by atoms with Crippen LogP contribution in [0.3, 0.4) is 0 Å². The molecule has 0 spiro atoms. The molecule has 2 aromatic heterocycles. The van der Waals surface area contributed by atoms with Gasteiger partial charge in [-0.05, 0) is 29.7 Å². The monoisotopic (exact) mass is 261 g/mol. The molecule has 0 saturated heterocycles. The van der Waals surface area contributed by atoms with Gasteiger partial charge in [0.1, 0.15) is 5.82 Å². The summed E-state index contributed by atoms with van der Waals surface area (Å²) in [6, 6.07) is 15.3. The van der Waals surface area contributed by atoms with Gasteiger partial charge in [0.05, 0.1) is 10.9 Å². The summed E-state index contributed by atoms with van der Waals surface area (Å²) in [5.74, 6) is 0.588. The Labute approximate surface area is 114 Å². The zero-order chi connectivity index (χ0) is 13.5. The molecule has 0 radical (unpaired) electrons. The Morgan fingerprint density at radius 2 is 1.90 bits per heavy atom. The number of nitrogens with one attached hydrogen (secondary N) is 2. The smallest absolute Gasteiger partial charge is 0.259 e. The van der Waals surface area contributed by atoms with E-state index in [0.717, 1.165) is 16.5 Å². The van der Waals surface area contributed by atoms with E-state index >= 15 is 0 Å². The largest absolute Gasteiger partial charge is 0.361 e. The van der Waals surface area contributed by atoms with Crippen molar-refractivity contribution in [1.82, 2.24) is 15.0 Å². The van der Waals surface area contributed by atoms with E-state index in [1.54, 1.807) is 6.07 Å². The van der Waals surface area contributed by atoms with Crippen molar-refractivity contribution >= 4 is 21.8 Å². The highest BCUT2D eigenvalue weighted by Gasteiger charge is 2.06. The maximum Gasteiger partial charge on any atom is 0.259 e. The van der Waals surface area contributed by atoms with Crippen LogP contribution in [0.25, 0.3) is 33.2 Å². The second-order valence-electron chi connectivity index (χ2n) is 4.71. The molecule has 0 fully saturated rings. The molecular weight excluding hydrogens is 250 g/mol. The predicted octanol–water partition coefficient (Wildman–Crippen LogP) is 3.07. The number of hydrogen-bond donors (Lipinski definition) is 2. The highest BCUT2D eigenvalue weighted by atomic mass is 16.1. The lowest BCUT2D eigenvalue weighted by Gasteiger charge is -2.03. The van der Waals surface area contributed by atoms with Crippen molar-refractivity contribution in [1.29, 1.82) is 0 Å². The van der Waals surface area contributed by atoms with Crippen molar-refractivity contribution in [3.05, 3.63) is 65.1 Å². The van der Waals surface area contributed by atoms with E-state index in [2.05, 4.69) is 15.0 Å². The van der Waals surface area contributed by atoms with Crippen LogP contribution in [0.5, 0.6) is 0 Å². The second-order valence-corrected chi connectivity index (χ2v) is 4.71. The second kappa shape index (κ2) is 4.06. The summed E-state index contributed by atoms with van der Waals surface area (Å²) in [5.41, 5.74) is 2.51. The predicted molar refractivity (Wildman–Crippen MR) is 79.7 cm³/mol. The molecule has 4 rings (SSSR count). The molecule has 0 bridgehead atoms. The Balaban J connectivity index is 1.99. The summed E-state index contributed by atoms with van der Waals surface area (Å²) in [6.07, 6.45) is 1.89. The Morgan fingerprint density at radius 3 is 2.85 bits per heavy atom. The van der Waals surface area contributed by atoms with E-state index in [4.69, 9.17) is 0 Å². The van der Waals surface area contributed by atoms with E-state index in [1.807, 2.05) is 48.7 Å². The number of para-hydroxylation sites is 1. The Kier molecular flexibility index (Phi) is 2.23. The average Bonchev–Trinajstić information content (AvgIpc) is 2.94. The number of aromatic nitrogens is 3. The van der Waals surface area contributed by atoms with Crippen LogP contribution in [-0.4, -0.2) is 15.0 Å². The van der Waals surface area contributed by atoms with Gasteiger partial charge in [-0.25, -0.2) is 4.98 Å². The summed E-state index contributed by atoms with van der Waals surface area (Å²) in [5, 5.41) is 1.74. The lowest BCUT2D eigenvalue weighted by atomic mass is 10.1.